The molecule has 44 heavy (non-hydrogen) atoms. The molecule has 0 aliphatic heterocycles. The zero-order chi connectivity index (χ0) is 31.3. The van der Waals surface area contributed by atoms with Crippen LogP contribution in [0.3, 0.4) is 0 Å². The van der Waals surface area contributed by atoms with Crippen molar-refractivity contribution in [1.82, 2.24) is 9.55 Å². The molecule has 0 spiro atoms. The average Bonchev–Trinajstić information content (AvgIpc) is 3.39. The fourth-order valence-electron chi connectivity index (χ4n) is 5.01. The van der Waals surface area contributed by atoms with E-state index in [0.29, 0.717) is 24.3 Å². The van der Waals surface area contributed by atoms with Gasteiger partial charge in [0.1, 0.15) is 23.7 Å². The van der Waals surface area contributed by atoms with Crippen LogP contribution in [0, 0.1) is 6.92 Å². The Hall–Kier alpha value is -4.92. The molecule has 0 fully saturated rings. The first-order valence-corrected chi connectivity index (χ1v) is 14.3. The first-order chi connectivity index (χ1) is 21.2. The summed E-state index contributed by atoms with van der Waals surface area (Å²) in [6, 6.07) is 27.4. The molecule has 1 aromatic heterocycles. The summed E-state index contributed by atoms with van der Waals surface area (Å²) in [5.41, 5.74) is 5.66. The lowest BCUT2D eigenvalue weighted by Gasteiger charge is -2.14. The standard InChI is InChI=1S/C35H31F3N2O4/c1-3-4-14-30-39-31-23(2)15-20-29(43-22-25-10-6-5-7-11-25)32(31)40(30)21-24-16-18-26(19-17-24)27-12-8-9-13-28(27)33(41)44-34(42)35(36,37)38/h5-13,15-20H,3-4,14,21-22H2,1-2H3. The molecule has 6 nitrogen and oxygen atoms in total. The highest BCUT2D eigenvalue weighted by Gasteiger charge is 2.42. The van der Waals surface area contributed by atoms with E-state index in [4.69, 9.17) is 9.72 Å². The molecule has 0 amide bonds. The Bertz CT molecular complexity index is 1780. The van der Waals surface area contributed by atoms with Gasteiger partial charge in [-0.15, -0.1) is 0 Å². The molecular weight excluding hydrogens is 569 g/mol. The van der Waals surface area contributed by atoms with Gasteiger partial charge in [-0.1, -0.05) is 92.2 Å². The van der Waals surface area contributed by atoms with Crippen molar-refractivity contribution in [3.05, 3.63) is 119 Å². The lowest BCUT2D eigenvalue weighted by atomic mass is 9.98. The molecule has 0 unspecified atom stereocenters. The van der Waals surface area contributed by atoms with Crippen LogP contribution in [-0.2, 0) is 29.1 Å². The highest BCUT2D eigenvalue weighted by molar-refractivity contribution is 6.02. The number of imidazole rings is 1. The first kappa shape index (κ1) is 30.5. The number of halogens is 3. The Labute approximate surface area is 253 Å². The number of carbonyl (C=O) groups excluding carboxylic acids is 2. The Morgan fingerprint density at radius 1 is 0.864 bits per heavy atom. The summed E-state index contributed by atoms with van der Waals surface area (Å²) in [7, 11) is 0. The van der Waals surface area contributed by atoms with Crippen LogP contribution >= 0.6 is 0 Å². The maximum absolute atomic E-state index is 12.7. The van der Waals surface area contributed by atoms with Crippen molar-refractivity contribution in [3.63, 3.8) is 0 Å². The zero-order valence-electron chi connectivity index (χ0n) is 24.4. The highest BCUT2D eigenvalue weighted by Crippen LogP contribution is 2.32. The largest absolute Gasteiger partial charge is 0.491 e. The van der Waals surface area contributed by atoms with Crippen molar-refractivity contribution in [2.75, 3.05) is 0 Å². The molecule has 0 saturated carbocycles. The van der Waals surface area contributed by atoms with Gasteiger partial charge in [0.25, 0.3) is 0 Å². The molecule has 0 aliphatic rings. The van der Waals surface area contributed by atoms with E-state index in [1.54, 1.807) is 24.3 Å². The molecule has 4 aromatic carbocycles. The van der Waals surface area contributed by atoms with Crippen LogP contribution in [-0.4, -0.2) is 27.7 Å². The van der Waals surface area contributed by atoms with Crippen molar-refractivity contribution in [1.29, 1.82) is 0 Å². The van der Waals surface area contributed by atoms with E-state index in [9.17, 15) is 22.8 Å². The third kappa shape index (κ3) is 6.83. The summed E-state index contributed by atoms with van der Waals surface area (Å²) in [5, 5.41) is 0. The van der Waals surface area contributed by atoms with Gasteiger partial charge in [0.05, 0.1) is 11.1 Å². The van der Waals surface area contributed by atoms with Crippen molar-refractivity contribution in [2.45, 2.75) is 52.4 Å². The van der Waals surface area contributed by atoms with Crippen LogP contribution < -0.4 is 4.74 Å². The maximum Gasteiger partial charge on any atom is 0.491 e. The van der Waals surface area contributed by atoms with E-state index in [1.807, 2.05) is 61.5 Å². The number of benzene rings is 4. The summed E-state index contributed by atoms with van der Waals surface area (Å²) in [6.45, 7) is 5.09. The number of aromatic nitrogens is 2. The van der Waals surface area contributed by atoms with Crippen LogP contribution in [0.5, 0.6) is 5.75 Å². The van der Waals surface area contributed by atoms with Crippen LogP contribution in [0.1, 0.15) is 52.6 Å². The minimum atomic E-state index is -5.27. The van der Waals surface area contributed by atoms with Crippen molar-refractivity contribution < 1.29 is 32.2 Å². The van der Waals surface area contributed by atoms with Gasteiger partial charge in [-0.05, 0) is 53.3 Å². The smallest absolute Gasteiger partial charge is 0.487 e. The number of ether oxygens (including phenoxy) is 2. The summed E-state index contributed by atoms with van der Waals surface area (Å²) in [6.07, 6.45) is -2.48. The number of hydrogen-bond acceptors (Lipinski definition) is 5. The summed E-state index contributed by atoms with van der Waals surface area (Å²) in [5.74, 6) is -2.23. The molecule has 226 valence electrons. The summed E-state index contributed by atoms with van der Waals surface area (Å²) >= 11 is 0. The first-order valence-electron chi connectivity index (χ1n) is 14.3. The van der Waals surface area contributed by atoms with E-state index in [-0.39, 0.29) is 5.56 Å². The van der Waals surface area contributed by atoms with Crippen LogP contribution in [0.25, 0.3) is 22.2 Å². The Balaban J connectivity index is 1.46. The van der Waals surface area contributed by atoms with Gasteiger partial charge >= 0.3 is 18.1 Å². The van der Waals surface area contributed by atoms with Gasteiger partial charge in [0.15, 0.2) is 0 Å². The molecule has 0 bridgehead atoms. The summed E-state index contributed by atoms with van der Waals surface area (Å²) in [4.78, 5) is 28.7. The second-order valence-corrected chi connectivity index (χ2v) is 10.5. The molecule has 1 heterocycles. The number of unbranched alkanes of at least 4 members (excludes halogenated alkanes) is 1. The lowest BCUT2D eigenvalue weighted by molar-refractivity contribution is -0.193. The summed E-state index contributed by atoms with van der Waals surface area (Å²) < 4.78 is 50.6. The second-order valence-electron chi connectivity index (χ2n) is 10.5. The molecule has 0 radical (unpaired) electrons. The number of hydrogen-bond donors (Lipinski definition) is 0. The van der Waals surface area contributed by atoms with E-state index in [1.165, 1.54) is 12.1 Å². The maximum atomic E-state index is 12.7. The lowest BCUT2D eigenvalue weighted by Crippen LogP contribution is -2.28. The predicted octanol–water partition coefficient (Wildman–Crippen LogP) is 8.23. The van der Waals surface area contributed by atoms with Crippen molar-refractivity contribution in [3.8, 4) is 16.9 Å². The number of alkyl halides is 3. The minimum absolute atomic E-state index is 0.143. The van der Waals surface area contributed by atoms with Crippen LogP contribution in [0.2, 0.25) is 0 Å². The van der Waals surface area contributed by atoms with Crippen molar-refractivity contribution >= 4 is 23.0 Å². The average molecular weight is 601 g/mol. The number of aryl methyl sites for hydroxylation is 2. The predicted molar refractivity (Wildman–Crippen MR) is 161 cm³/mol. The number of carbonyl (C=O) groups is 2. The molecular formula is C35H31F3N2O4. The van der Waals surface area contributed by atoms with Crippen LogP contribution in [0.15, 0.2) is 91.0 Å². The van der Waals surface area contributed by atoms with E-state index < -0.39 is 18.1 Å². The number of nitrogens with zero attached hydrogens (tertiary/aromatic N) is 2. The van der Waals surface area contributed by atoms with Crippen LogP contribution in [0.4, 0.5) is 13.2 Å². The van der Waals surface area contributed by atoms with Gasteiger partial charge in [-0.25, -0.2) is 14.6 Å². The topological polar surface area (TPSA) is 70.4 Å². The zero-order valence-corrected chi connectivity index (χ0v) is 24.4. The number of esters is 2. The fraction of sp³-hybridized carbons (Fsp3) is 0.229. The molecule has 5 rings (SSSR count). The molecule has 0 atom stereocenters. The Kier molecular flexibility index (Phi) is 9.13. The van der Waals surface area contributed by atoms with Crippen molar-refractivity contribution in [2.24, 2.45) is 0 Å². The third-order valence-electron chi connectivity index (χ3n) is 7.30. The quantitative estimate of drug-likeness (QED) is 0.119. The monoisotopic (exact) mass is 600 g/mol. The Morgan fingerprint density at radius 2 is 1.57 bits per heavy atom. The normalized spacial score (nSPS) is 11.5. The molecule has 0 N–H and O–H groups in total. The van der Waals surface area contributed by atoms with E-state index >= 15 is 0 Å². The SMILES string of the molecule is CCCCc1nc2c(C)ccc(OCc3ccccc3)c2n1Cc1ccc(-c2ccccc2C(=O)OC(=O)C(F)(F)F)cc1. The Morgan fingerprint density at radius 3 is 2.27 bits per heavy atom. The molecule has 5 aromatic rings. The number of fused-ring (bicyclic) bond motifs is 1. The van der Waals surface area contributed by atoms with Gasteiger partial charge in [-0.3, -0.25) is 0 Å². The third-order valence-corrected chi connectivity index (χ3v) is 7.30. The second kappa shape index (κ2) is 13.2. The van der Waals surface area contributed by atoms with E-state index in [0.717, 1.165) is 58.6 Å². The molecule has 0 aliphatic carbocycles. The fourth-order valence-corrected chi connectivity index (χ4v) is 5.01. The van der Waals surface area contributed by atoms with Gasteiger partial charge in [0, 0.05) is 13.0 Å². The highest BCUT2D eigenvalue weighted by atomic mass is 19.4. The van der Waals surface area contributed by atoms with E-state index in [2.05, 4.69) is 16.2 Å². The van der Waals surface area contributed by atoms with Gasteiger partial charge in [-0.2, -0.15) is 13.2 Å². The molecule has 0 saturated heterocycles. The minimum Gasteiger partial charge on any atom is -0.487 e. The van der Waals surface area contributed by atoms with Gasteiger partial charge in [0.2, 0.25) is 0 Å². The van der Waals surface area contributed by atoms with Gasteiger partial charge < -0.3 is 14.0 Å². The molecule has 9 heteroatoms. The number of rotatable bonds is 10.